The third-order valence-corrected chi connectivity index (χ3v) is 5.55. The van der Waals surface area contributed by atoms with E-state index >= 15 is 0 Å². The van der Waals surface area contributed by atoms with E-state index in [0.717, 1.165) is 0 Å². The standard InChI is InChI=1S/C17H11Cl2NO2S/c18-13-6-8-14(9-7-13)23(21,22)15-10-11-16(19)20-17(15)12-4-2-1-3-5-12/h1-11H. The molecule has 6 heteroatoms. The predicted molar refractivity (Wildman–Crippen MR) is 91.6 cm³/mol. The first-order chi connectivity index (χ1) is 11.0. The second-order valence-corrected chi connectivity index (χ2v) is 7.55. The SMILES string of the molecule is O=S(=O)(c1ccc(Cl)cc1)c1ccc(Cl)nc1-c1ccccc1. The van der Waals surface area contributed by atoms with Crippen molar-refractivity contribution in [2.45, 2.75) is 9.79 Å². The zero-order valence-corrected chi connectivity index (χ0v) is 14.1. The highest BCUT2D eigenvalue weighted by Crippen LogP contribution is 2.31. The average molecular weight is 364 g/mol. The lowest BCUT2D eigenvalue weighted by Gasteiger charge is -2.10. The average Bonchev–Trinajstić information content (AvgIpc) is 2.56. The molecule has 0 unspecified atom stereocenters. The maximum atomic E-state index is 12.9. The molecule has 1 aromatic heterocycles. The molecule has 3 rings (SSSR count). The molecule has 0 atom stereocenters. The van der Waals surface area contributed by atoms with Gasteiger partial charge in [-0.05, 0) is 36.4 Å². The van der Waals surface area contributed by atoms with Gasteiger partial charge >= 0.3 is 0 Å². The van der Waals surface area contributed by atoms with Gasteiger partial charge in [-0.25, -0.2) is 13.4 Å². The molecule has 23 heavy (non-hydrogen) atoms. The first-order valence-corrected chi connectivity index (χ1v) is 8.95. The lowest BCUT2D eigenvalue weighted by atomic mass is 10.1. The summed E-state index contributed by atoms with van der Waals surface area (Å²) in [6.07, 6.45) is 0. The Balaban J connectivity index is 2.22. The van der Waals surface area contributed by atoms with Gasteiger partial charge in [-0.15, -0.1) is 0 Å². The highest BCUT2D eigenvalue weighted by Gasteiger charge is 2.23. The number of benzene rings is 2. The number of pyridine rings is 1. The molecular formula is C17H11Cl2NO2S. The number of hydrogen-bond acceptors (Lipinski definition) is 3. The normalized spacial score (nSPS) is 11.4. The van der Waals surface area contributed by atoms with E-state index < -0.39 is 9.84 Å². The fraction of sp³-hybridized carbons (Fsp3) is 0. The fourth-order valence-electron chi connectivity index (χ4n) is 2.18. The summed E-state index contributed by atoms with van der Waals surface area (Å²) in [4.78, 5) is 4.48. The minimum Gasteiger partial charge on any atom is -0.235 e. The molecule has 0 saturated carbocycles. The Kier molecular flexibility index (Phi) is 4.39. The first kappa shape index (κ1) is 16.0. The number of halogens is 2. The van der Waals surface area contributed by atoms with Gasteiger partial charge in [0.25, 0.3) is 0 Å². The van der Waals surface area contributed by atoms with Crippen molar-refractivity contribution in [1.29, 1.82) is 0 Å². The van der Waals surface area contributed by atoms with Crippen molar-refractivity contribution in [1.82, 2.24) is 4.98 Å². The van der Waals surface area contributed by atoms with E-state index in [2.05, 4.69) is 4.98 Å². The van der Waals surface area contributed by atoms with E-state index in [1.807, 2.05) is 18.2 Å². The van der Waals surface area contributed by atoms with Crippen LogP contribution < -0.4 is 0 Å². The van der Waals surface area contributed by atoms with Crippen LogP contribution in [0.1, 0.15) is 0 Å². The minimum absolute atomic E-state index is 0.107. The van der Waals surface area contributed by atoms with Gasteiger partial charge in [-0.2, -0.15) is 0 Å². The third kappa shape index (κ3) is 3.24. The first-order valence-electron chi connectivity index (χ1n) is 6.71. The molecule has 0 amide bonds. The second kappa shape index (κ2) is 6.32. The van der Waals surface area contributed by atoms with Crippen LogP contribution in [0.4, 0.5) is 0 Å². The molecule has 1 heterocycles. The Hall–Kier alpha value is -1.88. The summed E-state index contributed by atoms with van der Waals surface area (Å²) in [6.45, 7) is 0. The maximum Gasteiger partial charge on any atom is 0.208 e. The lowest BCUT2D eigenvalue weighted by molar-refractivity contribution is 0.596. The largest absolute Gasteiger partial charge is 0.235 e. The number of hydrogen-bond donors (Lipinski definition) is 0. The van der Waals surface area contributed by atoms with Gasteiger partial charge in [0.1, 0.15) is 5.15 Å². The number of aromatic nitrogens is 1. The van der Waals surface area contributed by atoms with Gasteiger partial charge in [-0.3, -0.25) is 0 Å². The maximum absolute atomic E-state index is 12.9. The summed E-state index contributed by atoms with van der Waals surface area (Å²) in [5, 5.41) is 0.709. The summed E-state index contributed by atoms with van der Waals surface area (Å²) in [6, 6.07) is 18.0. The molecule has 0 bridgehead atoms. The Labute approximate surface area is 144 Å². The summed E-state index contributed by atoms with van der Waals surface area (Å²) in [5.41, 5.74) is 1.01. The molecule has 116 valence electrons. The van der Waals surface area contributed by atoms with E-state index in [-0.39, 0.29) is 14.9 Å². The van der Waals surface area contributed by atoms with Gasteiger partial charge in [0.2, 0.25) is 9.84 Å². The quantitative estimate of drug-likeness (QED) is 0.622. The zero-order chi connectivity index (χ0) is 16.4. The van der Waals surface area contributed by atoms with Crippen LogP contribution in [0.5, 0.6) is 0 Å². The predicted octanol–water partition coefficient (Wildman–Crippen LogP) is 4.89. The lowest BCUT2D eigenvalue weighted by Crippen LogP contribution is -2.05. The molecule has 2 aromatic carbocycles. The molecule has 0 N–H and O–H groups in total. The van der Waals surface area contributed by atoms with Crippen molar-refractivity contribution in [2.75, 3.05) is 0 Å². The van der Waals surface area contributed by atoms with E-state index in [1.54, 1.807) is 24.3 Å². The molecule has 0 radical (unpaired) electrons. The molecule has 0 fully saturated rings. The van der Waals surface area contributed by atoms with Crippen LogP contribution in [0, 0.1) is 0 Å². The number of nitrogens with zero attached hydrogens (tertiary/aromatic N) is 1. The molecule has 0 aliphatic carbocycles. The van der Waals surface area contributed by atoms with Gasteiger partial charge in [0.15, 0.2) is 0 Å². The van der Waals surface area contributed by atoms with Crippen molar-refractivity contribution >= 4 is 33.0 Å². The van der Waals surface area contributed by atoms with Crippen molar-refractivity contribution in [2.24, 2.45) is 0 Å². The Morgan fingerprint density at radius 1 is 0.783 bits per heavy atom. The van der Waals surface area contributed by atoms with Crippen LogP contribution in [0.15, 0.2) is 76.5 Å². The molecule has 0 aliphatic heterocycles. The van der Waals surface area contributed by atoms with E-state index in [4.69, 9.17) is 23.2 Å². The van der Waals surface area contributed by atoms with Crippen LogP contribution in [0.3, 0.4) is 0 Å². The summed E-state index contributed by atoms with van der Waals surface area (Å²) < 4.78 is 25.8. The highest BCUT2D eigenvalue weighted by molar-refractivity contribution is 7.91. The minimum atomic E-state index is -3.73. The molecule has 0 aliphatic rings. The summed E-state index contributed by atoms with van der Waals surface area (Å²) in [5.74, 6) is 0. The van der Waals surface area contributed by atoms with Crippen LogP contribution in [0.25, 0.3) is 11.3 Å². The Morgan fingerprint density at radius 3 is 2.09 bits per heavy atom. The molecule has 3 nitrogen and oxygen atoms in total. The van der Waals surface area contributed by atoms with Crippen molar-refractivity contribution in [3.63, 3.8) is 0 Å². The van der Waals surface area contributed by atoms with Crippen molar-refractivity contribution in [3.05, 3.63) is 76.9 Å². The van der Waals surface area contributed by atoms with Crippen LogP contribution >= 0.6 is 23.2 Å². The molecular weight excluding hydrogens is 353 g/mol. The zero-order valence-electron chi connectivity index (χ0n) is 11.8. The van der Waals surface area contributed by atoms with Gasteiger partial charge in [0.05, 0.1) is 15.5 Å². The van der Waals surface area contributed by atoms with Crippen LogP contribution in [-0.2, 0) is 9.84 Å². The topological polar surface area (TPSA) is 47.0 Å². The smallest absolute Gasteiger partial charge is 0.208 e. The van der Waals surface area contributed by atoms with E-state index in [9.17, 15) is 8.42 Å². The van der Waals surface area contributed by atoms with Crippen LogP contribution in [-0.4, -0.2) is 13.4 Å². The van der Waals surface area contributed by atoms with E-state index in [0.29, 0.717) is 16.3 Å². The van der Waals surface area contributed by atoms with E-state index in [1.165, 1.54) is 24.3 Å². The highest BCUT2D eigenvalue weighted by atomic mass is 35.5. The number of sulfone groups is 1. The van der Waals surface area contributed by atoms with Crippen molar-refractivity contribution in [3.8, 4) is 11.3 Å². The third-order valence-electron chi connectivity index (χ3n) is 3.28. The van der Waals surface area contributed by atoms with Gasteiger partial charge < -0.3 is 0 Å². The summed E-state index contributed by atoms with van der Waals surface area (Å²) in [7, 11) is -3.73. The monoisotopic (exact) mass is 363 g/mol. The van der Waals surface area contributed by atoms with Gasteiger partial charge in [-0.1, -0.05) is 53.5 Å². The van der Waals surface area contributed by atoms with Gasteiger partial charge in [0, 0.05) is 10.6 Å². The Morgan fingerprint density at radius 2 is 1.43 bits per heavy atom. The summed E-state index contributed by atoms with van der Waals surface area (Å²) >= 11 is 11.8. The molecule has 0 spiro atoms. The molecule has 3 aromatic rings. The second-order valence-electron chi connectivity index (χ2n) is 4.80. The Bertz CT molecular complexity index is 940. The van der Waals surface area contributed by atoms with Crippen molar-refractivity contribution < 1.29 is 8.42 Å². The number of rotatable bonds is 3. The fourth-order valence-corrected chi connectivity index (χ4v) is 3.87. The van der Waals surface area contributed by atoms with Crippen LogP contribution in [0.2, 0.25) is 10.2 Å². The molecule has 0 saturated heterocycles.